The average molecular weight is 321 g/mol. The van der Waals surface area contributed by atoms with Gasteiger partial charge in [-0.15, -0.1) is 0 Å². The second-order valence-corrected chi connectivity index (χ2v) is 5.00. The minimum atomic E-state index is 0.252. The second kappa shape index (κ2) is 5.45. The normalized spacial score (nSPS) is 10.4. The molecule has 0 fully saturated rings. The minimum absolute atomic E-state index is 0.252. The van der Waals surface area contributed by atoms with E-state index in [4.69, 9.17) is 46.4 Å². The van der Waals surface area contributed by atoms with Crippen LogP contribution in [0.2, 0.25) is 20.1 Å². The van der Waals surface area contributed by atoms with E-state index in [0.717, 1.165) is 0 Å². The Kier molecular flexibility index (Phi) is 4.13. The highest BCUT2D eigenvalue weighted by Gasteiger charge is 2.13. The van der Waals surface area contributed by atoms with Gasteiger partial charge in [-0.1, -0.05) is 46.4 Å². The molecule has 1 heterocycles. The van der Waals surface area contributed by atoms with Gasteiger partial charge in [0.1, 0.15) is 0 Å². The van der Waals surface area contributed by atoms with Crippen molar-refractivity contribution in [2.45, 2.75) is 0 Å². The van der Waals surface area contributed by atoms with Gasteiger partial charge in [0.2, 0.25) is 0 Å². The van der Waals surface area contributed by atoms with E-state index in [2.05, 4.69) is 4.98 Å². The number of benzene rings is 1. The number of rotatable bonds is 2. The third-order valence-corrected chi connectivity index (χ3v) is 3.90. The zero-order valence-electron chi connectivity index (χ0n) is 8.75. The van der Waals surface area contributed by atoms with Crippen molar-refractivity contribution in [3.63, 3.8) is 0 Å². The summed E-state index contributed by atoms with van der Waals surface area (Å²) in [5.41, 5.74) is 1.38. The molecule has 0 bridgehead atoms. The number of pyridine rings is 1. The Morgan fingerprint density at radius 1 is 1.00 bits per heavy atom. The summed E-state index contributed by atoms with van der Waals surface area (Å²) in [6.07, 6.45) is 2.15. The van der Waals surface area contributed by atoms with Gasteiger partial charge in [-0.2, -0.15) is 0 Å². The van der Waals surface area contributed by atoms with Crippen molar-refractivity contribution < 1.29 is 4.79 Å². The van der Waals surface area contributed by atoms with Crippen LogP contribution in [-0.2, 0) is 0 Å². The van der Waals surface area contributed by atoms with Crippen LogP contribution in [0.4, 0.5) is 0 Å². The second-order valence-electron chi connectivity index (χ2n) is 3.43. The van der Waals surface area contributed by atoms with Crippen molar-refractivity contribution in [1.29, 1.82) is 0 Å². The molecule has 1 aromatic heterocycles. The molecule has 0 saturated carbocycles. The van der Waals surface area contributed by atoms with Crippen molar-refractivity contribution >= 4 is 52.7 Å². The number of carbonyl (C=O) groups is 1. The highest BCUT2D eigenvalue weighted by molar-refractivity contribution is 6.48. The molecule has 0 unspecified atom stereocenters. The van der Waals surface area contributed by atoms with E-state index < -0.39 is 0 Å². The van der Waals surface area contributed by atoms with E-state index in [0.29, 0.717) is 33.2 Å². The number of hydrogen-bond donors (Lipinski definition) is 0. The third-order valence-electron chi connectivity index (χ3n) is 2.30. The van der Waals surface area contributed by atoms with Crippen LogP contribution >= 0.6 is 46.4 Å². The van der Waals surface area contributed by atoms with Crippen molar-refractivity contribution in [1.82, 2.24) is 4.98 Å². The molecule has 92 valence electrons. The Morgan fingerprint density at radius 3 is 2.17 bits per heavy atom. The minimum Gasteiger partial charge on any atom is -0.298 e. The summed E-state index contributed by atoms with van der Waals surface area (Å²) in [7, 11) is 0. The van der Waals surface area contributed by atoms with E-state index in [1.165, 1.54) is 12.3 Å². The molecule has 0 aliphatic carbocycles. The summed E-state index contributed by atoms with van der Waals surface area (Å²) >= 11 is 23.8. The van der Waals surface area contributed by atoms with Crippen LogP contribution < -0.4 is 0 Å². The molecule has 0 radical (unpaired) electrons. The van der Waals surface area contributed by atoms with Gasteiger partial charge >= 0.3 is 0 Å². The van der Waals surface area contributed by atoms with Crippen LogP contribution in [0.5, 0.6) is 0 Å². The summed E-state index contributed by atoms with van der Waals surface area (Å²) in [5, 5.41) is 1.12. The number of carbonyl (C=O) groups excluding carboxylic acids is 1. The fourth-order valence-corrected chi connectivity index (χ4v) is 2.30. The number of hydrogen-bond acceptors (Lipinski definition) is 2. The number of aldehydes is 1. The summed E-state index contributed by atoms with van der Waals surface area (Å²) in [4.78, 5) is 14.9. The smallest absolute Gasteiger partial charge is 0.151 e. The number of halogens is 4. The van der Waals surface area contributed by atoms with E-state index in [9.17, 15) is 4.79 Å². The van der Waals surface area contributed by atoms with Gasteiger partial charge in [0.15, 0.2) is 6.29 Å². The van der Waals surface area contributed by atoms with Crippen LogP contribution in [-0.4, -0.2) is 11.3 Å². The van der Waals surface area contributed by atoms with Crippen molar-refractivity contribution in [2.24, 2.45) is 0 Å². The van der Waals surface area contributed by atoms with Gasteiger partial charge in [-0.3, -0.25) is 9.78 Å². The van der Waals surface area contributed by atoms with E-state index in [1.807, 2.05) is 0 Å². The van der Waals surface area contributed by atoms with Crippen LogP contribution in [0.3, 0.4) is 0 Å². The van der Waals surface area contributed by atoms with Gasteiger partial charge in [-0.05, 0) is 18.2 Å². The van der Waals surface area contributed by atoms with Crippen LogP contribution in [0.1, 0.15) is 10.4 Å². The molecule has 0 aliphatic rings. The van der Waals surface area contributed by atoms with Crippen LogP contribution in [0, 0.1) is 0 Å². The first-order valence-electron chi connectivity index (χ1n) is 4.79. The Morgan fingerprint density at radius 2 is 1.61 bits per heavy atom. The lowest BCUT2D eigenvalue weighted by Gasteiger charge is -2.07. The molecular formula is C12H5Cl4NO. The van der Waals surface area contributed by atoms with Gasteiger partial charge in [0, 0.05) is 17.3 Å². The fraction of sp³-hybridized carbons (Fsp3) is 0. The van der Waals surface area contributed by atoms with E-state index in [1.54, 1.807) is 12.1 Å². The summed E-state index contributed by atoms with van der Waals surface area (Å²) in [6.45, 7) is 0. The maximum absolute atomic E-state index is 10.8. The quantitative estimate of drug-likeness (QED) is 0.564. The van der Waals surface area contributed by atoms with Gasteiger partial charge in [0.05, 0.1) is 25.8 Å². The molecule has 6 heteroatoms. The molecule has 0 N–H and O–H groups in total. The first kappa shape index (κ1) is 13.6. The predicted molar refractivity (Wildman–Crippen MR) is 75.1 cm³/mol. The van der Waals surface area contributed by atoms with Gasteiger partial charge < -0.3 is 0 Å². The molecule has 0 atom stereocenters. The lowest BCUT2D eigenvalue weighted by molar-refractivity contribution is 0.112. The molecule has 0 aliphatic heterocycles. The molecule has 18 heavy (non-hydrogen) atoms. The molecule has 1 aromatic carbocycles. The Balaban J connectivity index is 2.66. The predicted octanol–water partition coefficient (Wildman–Crippen LogP) is 5.17. The zero-order chi connectivity index (χ0) is 13.3. The standard InChI is InChI=1S/C12H5Cl4NO/c13-8-3-7(4-9(14)11(8)16)12-10(15)6(5-18)1-2-17-12/h1-5H. The summed E-state index contributed by atoms with van der Waals surface area (Å²) in [6, 6.07) is 4.72. The van der Waals surface area contributed by atoms with Gasteiger partial charge in [-0.25, -0.2) is 0 Å². The lowest BCUT2D eigenvalue weighted by atomic mass is 10.1. The first-order valence-corrected chi connectivity index (χ1v) is 6.30. The fourth-order valence-electron chi connectivity index (χ4n) is 1.44. The topological polar surface area (TPSA) is 30.0 Å². The van der Waals surface area contributed by atoms with Crippen molar-refractivity contribution in [2.75, 3.05) is 0 Å². The highest BCUT2D eigenvalue weighted by atomic mass is 35.5. The molecule has 0 saturated heterocycles. The lowest BCUT2D eigenvalue weighted by Crippen LogP contribution is -1.90. The molecule has 2 nitrogen and oxygen atoms in total. The average Bonchev–Trinajstić information content (AvgIpc) is 2.35. The number of nitrogens with zero attached hydrogens (tertiary/aromatic N) is 1. The Bertz CT molecular complexity index is 604. The Labute approximate surface area is 123 Å². The van der Waals surface area contributed by atoms with Crippen LogP contribution in [0.15, 0.2) is 24.4 Å². The van der Waals surface area contributed by atoms with E-state index >= 15 is 0 Å². The highest BCUT2D eigenvalue weighted by Crippen LogP contribution is 2.36. The zero-order valence-corrected chi connectivity index (χ0v) is 11.8. The third kappa shape index (κ3) is 2.47. The summed E-state index contributed by atoms with van der Waals surface area (Å²) in [5.74, 6) is 0. The molecule has 0 spiro atoms. The largest absolute Gasteiger partial charge is 0.298 e. The molecule has 2 rings (SSSR count). The summed E-state index contributed by atoms with van der Waals surface area (Å²) < 4.78 is 0. The van der Waals surface area contributed by atoms with E-state index in [-0.39, 0.29) is 10.0 Å². The number of aromatic nitrogens is 1. The van der Waals surface area contributed by atoms with Crippen molar-refractivity contribution in [3.05, 3.63) is 50.0 Å². The maximum Gasteiger partial charge on any atom is 0.151 e. The van der Waals surface area contributed by atoms with Crippen LogP contribution in [0.25, 0.3) is 11.3 Å². The molecular weight excluding hydrogens is 316 g/mol. The van der Waals surface area contributed by atoms with Gasteiger partial charge in [0.25, 0.3) is 0 Å². The maximum atomic E-state index is 10.8. The SMILES string of the molecule is O=Cc1ccnc(-c2cc(Cl)c(Cl)c(Cl)c2)c1Cl. The first-order chi connectivity index (χ1) is 8.54. The monoisotopic (exact) mass is 319 g/mol. The Hall–Kier alpha value is -0.800. The molecule has 0 amide bonds. The molecule has 2 aromatic rings. The van der Waals surface area contributed by atoms with Crippen molar-refractivity contribution in [3.8, 4) is 11.3 Å².